The van der Waals surface area contributed by atoms with Gasteiger partial charge in [0.1, 0.15) is 6.04 Å². The Morgan fingerprint density at radius 3 is 2.72 bits per heavy atom. The number of carbonyl (C=O) groups is 2. The van der Waals surface area contributed by atoms with Crippen LogP contribution in [0.3, 0.4) is 0 Å². The lowest BCUT2D eigenvalue weighted by Crippen LogP contribution is -2.49. The summed E-state index contributed by atoms with van der Waals surface area (Å²) in [6, 6.07) is -0.435. The summed E-state index contributed by atoms with van der Waals surface area (Å²) < 4.78 is 11.1. The van der Waals surface area contributed by atoms with Gasteiger partial charge < -0.3 is 10.2 Å². The molecule has 0 aromatic carbocycles. The molecule has 0 radical (unpaired) electrons. The Balaban J connectivity index is 2.75. The zero-order valence-corrected chi connectivity index (χ0v) is 12.1. The molecule has 1 aliphatic rings. The molecule has 0 saturated carbocycles. The summed E-state index contributed by atoms with van der Waals surface area (Å²) in [5, 5.41) is 2.79. The average Bonchev–Trinajstić information content (AvgIpc) is 2.46. The zero-order chi connectivity index (χ0) is 13.7. The van der Waals surface area contributed by atoms with Gasteiger partial charge in [0.2, 0.25) is 11.8 Å². The fourth-order valence-corrected chi connectivity index (χ4v) is 2.41. The highest BCUT2D eigenvalue weighted by Gasteiger charge is 2.32. The van der Waals surface area contributed by atoms with Crippen molar-refractivity contribution in [1.29, 1.82) is 0 Å². The van der Waals surface area contributed by atoms with E-state index in [1.54, 1.807) is 11.2 Å². The van der Waals surface area contributed by atoms with E-state index in [1.165, 1.54) is 0 Å². The molecule has 2 amide bonds. The molecule has 6 heteroatoms. The second-order valence-electron chi connectivity index (χ2n) is 4.78. The predicted molar refractivity (Wildman–Crippen MR) is 71.5 cm³/mol. The molecule has 1 fully saturated rings. The molecular weight excluding hydrogens is 252 g/mol. The first-order valence-corrected chi connectivity index (χ1v) is 8.06. The molecule has 0 aromatic heterocycles. The number of hydrogen-bond acceptors (Lipinski definition) is 3. The van der Waals surface area contributed by atoms with Gasteiger partial charge >= 0.3 is 0 Å². The van der Waals surface area contributed by atoms with Gasteiger partial charge in [-0.25, -0.2) is 0 Å². The first-order valence-electron chi connectivity index (χ1n) is 6.33. The Morgan fingerprint density at radius 2 is 2.17 bits per heavy atom. The van der Waals surface area contributed by atoms with Crippen molar-refractivity contribution in [3.63, 3.8) is 0 Å². The van der Waals surface area contributed by atoms with E-state index in [-0.39, 0.29) is 17.7 Å². The molecule has 1 rings (SSSR count). The average molecular weight is 274 g/mol. The molecule has 1 saturated heterocycles. The number of hydrogen-bond donors (Lipinski definition) is 1. The second kappa shape index (κ2) is 6.87. The van der Waals surface area contributed by atoms with Crippen LogP contribution in [-0.4, -0.2) is 52.1 Å². The maximum absolute atomic E-state index is 12.3. The Bertz CT molecular complexity index is 346. The summed E-state index contributed by atoms with van der Waals surface area (Å²) in [6.07, 6.45) is 2.79. The van der Waals surface area contributed by atoms with Crippen molar-refractivity contribution in [2.24, 2.45) is 5.92 Å². The van der Waals surface area contributed by atoms with Crippen molar-refractivity contribution in [2.45, 2.75) is 32.7 Å². The van der Waals surface area contributed by atoms with Crippen LogP contribution in [0, 0.1) is 5.92 Å². The Labute approximate surface area is 111 Å². The zero-order valence-electron chi connectivity index (χ0n) is 11.3. The predicted octanol–water partition coefficient (Wildman–Crippen LogP) is 0.128. The fourth-order valence-electron chi connectivity index (χ4n) is 1.93. The van der Waals surface area contributed by atoms with Crippen molar-refractivity contribution in [3.05, 3.63) is 0 Å². The van der Waals surface area contributed by atoms with E-state index in [4.69, 9.17) is 0 Å². The van der Waals surface area contributed by atoms with Gasteiger partial charge in [-0.2, -0.15) is 0 Å². The van der Waals surface area contributed by atoms with Crippen LogP contribution in [0.15, 0.2) is 0 Å². The van der Waals surface area contributed by atoms with Crippen LogP contribution in [-0.2, 0) is 20.4 Å². The van der Waals surface area contributed by atoms with Crippen LogP contribution in [0.2, 0.25) is 0 Å². The van der Waals surface area contributed by atoms with Gasteiger partial charge in [-0.15, -0.1) is 0 Å². The van der Waals surface area contributed by atoms with Crippen molar-refractivity contribution >= 4 is 22.6 Å². The smallest absolute Gasteiger partial charge is 0.245 e. The third-order valence-corrected chi connectivity index (χ3v) is 4.12. The number of carbonyl (C=O) groups excluding carboxylic acids is 2. The standard InChI is InChI=1S/C12H22N2O3S/c1-4-9(2)11-12(16)14(7-8-18(3)17)6-5-10(15)13-11/h9,11H,4-8H2,1-3H3,(H,13,15). The maximum atomic E-state index is 12.3. The first kappa shape index (κ1) is 15.1. The lowest BCUT2D eigenvalue weighted by atomic mass is 9.98. The molecular formula is C12H22N2O3S. The number of amides is 2. The van der Waals surface area contributed by atoms with Crippen LogP contribution in [0.4, 0.5) is 0 Å². The van der Waals surface area contributed by atoms with Crippen LogP contribution in [0.5, 0.6) is 0 Å². The first-order chi connectivity index (χ1) is 8.45. The van der Waals surface area contributed by atoms with E-state index < -0.39 is 16.8 Å². The van der Waals surface area contributed by atoms with Crippen LogP contribution in [0.25, 0.3) is 0 Å². The maximum Gasteiger partial charge on any atom is 0.245 e. The number of rotatable bonds is 5. The topological polar surface area (TPSA) is 66.5 Å². The normalized spacial score (nSPS) is 24.4. The van der Waals surface area contributed by atoms with Gasteiger partial charge in [0.15, 0.2) is 0 Å². The molecule has 3 atom stereocenters. The SMILES string of the molecule is CCC(C)C1NC(=O)CCN(CCS(C)=O)C1=O. The molecule has 0 aromatic rings. The van der Waals surface area contributed by atoms with Crippen molar-refractivity contribution in [2.75, 3.05) is 25.1 Å². The van der Waals surface area contributed by atoms with Crippen LogP contribution in [0.1, 0.15) is 26.7 Å². The van der Waals surface area contributed by atoms with E-state index in [9.17, 15) is 13.8 Å². The minimum absolute atomic E-state index is 0.0411. The largest absolute Gasteiger partial charge is 0.344 e. The quantitative estimate of drug-likeness (QED) is 0.775. The second-order valence-corrected chi connectivity index (χ2v) is 6.34. The summed E-state index contributed by atoms with van der Waals surface area (Å²) in [7, 11) is -0.920. The van der Waals surface area contributed by atoms with Gasteiger partial charge in [-0.05, 0) is 5.92 Å². The Kier molecular flexibility index (Phi) is 5.78. The summed E-state index contributed by atoms with van der Waals surface area (Å²) in [5.74, 6) is 0.469. The Morgan fingerprint density at radius 1 is 1.50 bits per heavy atom. The molecule has 18 heavy (non-hydrogen) atoms. The van der Waals surface area contributed by atoms with Gasteiger partial charge in [0.05, 0.1) is 0 Å². The van der Waals surface area contributed by atoms with Gasteiger partial charge in [-0.3, -0.25) is 13.8 Å². The lowest BCUT2D eigenvalue weighted by molar-refractivity contribution is -0.134. The van der Waals surface area contributed by atoms with Crippen molar-refractivity contribution < 1.29 is 13.8 Å². The van der Waals surface area contributed by atoms with Crippen LogP contribution >= 0.6 is 0 Å². The molecule has 0 aliphatic carbocycles. The fraction of sp³-hybridized carbons (Fsp3) is 0.833. The van der Waals surface area contributed by atoms with E-state index in [2.05, 4.69) is 5.32 Å². The van der Waals surface area contributed by atoms with E-state index in [0.29, 0.717) is 25.3 Å². The lowest BCUT2D eigenvalue weighted by Gasteiger charge is -2.26. The van der Waals surface area contributed by atoms with E-state index >= 15 is 0 Å². The highest BCUT2D eigenvalue weighted by atomic mass is 32.2. The Hall–Kier alpha value is -0.910. The third-order valence-electron chi connectivity index (χ3n) is 3.36. The number of nitrogens with one attached hydrogen (secondary N) is 1. The molecule has 104 valence electrons. The summed E-state index contributed by atoms with van der Waals surface area (Å²) in [4.78, 5) is 25.6. The monoisotopic (exact) mass is 274 g/mol. The third kappa shape index (κ3) is 4.08. The van der Waals surface area contributed by atoms with Crippen molar-refractivity contribution in [3.8, 4) is 0 Å². The molecule has 0 spiro atoms. The summed E-state index contributed by atoms with van der Waals surface area (Å²) >= 11 is 0. The van der Waals surface area contributed by atoms with E-state index in [0.717, 1.165) is 6.42 Å². The molecule has 1 heterocycles. The highest BCUT2D eigenvalue weighted by molar-refractivity contribution is 7.84. The molecule has 1 N–H and O–H groups in total. The molecule has 3 unspecified atom stereocenters. The highest BCUT2D eigenvalue weighted by Crippen LogP contribution is 2.14. The molecule has 1 aliphatic heterocycles. The summed E-state index contributed by atoms with van der Waals surface area (Å²) in [6.45, 7) is 4.85. The van der Waals surface area contributed by atoms with Crippen LogP contribution < -0.4 is 5.32 Å². The van der Waals surface area contributed by atoms with Gasteiger partial charge in [0, 0.05) is 42.3 Å². The van der Waals surface area contributed by atoms with Gasteiger partial charge in [0.25, 0.3) is 0 Å². The number of nitrogens with zero attached hydrogens (tertiary/aromatic N) is 1. The minimum Gasteiger partial charge on any atom is -0.344 e. The molecule has 0 bridgehead atoms. The van der Waals surface area contributed by atoms with Gasteiger partial charge in [-0.1, -0.05) is 20.3 Å². The summed E-state index contributed by atoms with van der Waals surface area (Å²) in [5.41, 5.74) is 0. The minimum atomic E-state index is -0.920. The molecule has 5 nitrogen and oxygen atoms in total. The van der Waals surface area contributed by atoms with E-state index in [1.807, 2.05) is 13.8 Å². The van der Waals surface area contributed by atoms with Crippen molar-refractivity contribution in [1.82, 2.24) is 10.2 Å².